The summed E-state index contributed by atoms with van der Waals surface area (Å²) in [7, 11) is 1.66. The highest BCUT2D eigenvalue weighted by Crippen LogP contribution is 2.33. The van der Waals surface area contributed by atoms with Crippen molar-refractivity contribution in [1.82, 2.24) is 9.88 Å². The van der Waals surface area contributed by atoms with Gasteiger partial charge in [0.2, 0.25) is 0 Å². The molecule has 0 aliphatic heterocycles. The maximum Gasteiger partial charge on any atom is 0.273 e. The summed E-state index contributed by atoms with van der Waals surface area (Å²) < 4.78 is 11.2. The zero-order valence-corrected chi connectivity index (χ0v) is 18.3. The van der Waals surface area contributed by atoms with Crippen LogP contribution in [0, 0.1) is 0 Å². The molecule has 4 rings (SSSR count). The number of benzene rings is 2. The predicted octanol–water partition coefficient (Wildman–Crippen LogP) is 5.41. The van der Waals surface area contributed by atoms with Crippen LogP contribution in [0.15, 0.2) is 53.9 Å². The number of thiazole rings is 1. The summed E-state index contributed by atoms with van der Waals surface area (Å²) in [6.45, 7) is 4.54. The maximum absolute atomic E-state index is 13.3. The lowest BCUT2D eigenvalue weighted by atomic mass is 10.1. The number of ether oxygens (including phenoxy) is 2. The summed E-state index contributed by atoms with van der Waals surface area (Å²) in [5.74, 6) is 1.61. The number of aromatic nitrogens is 1. The maximum atomic E-state index is 13.3. The van der Waals surface area contributed by atoms with Crippen LogP contribution in [0.4, 0.5) is 0 Å². The van der Waals surface area contributed by atoms with Crippen molar-refractivity contribution in [3.63, 3.8) is 0 Å². The van der Waals surface area contributed by atoms with E-state index in [1.165, 1.54) is 11.3 Å². The predicted molar refractivity (Wildman–Crippen MR) is 119 cm³/mol. The molecule has 0 unspecified atom stereocenters. The van der Waals surface area contributed by atoms with Gasteiger partial charge in [0.15, 0.2) is 0 Å². The van der Waals surface area contributed by atoms with Gasteiger partial charge in [0.1, 0.15) is 22.2 Å². The van der Waals surface area contributed by atoms with Crippen molar-refractivity contribution in [2.24, 2.45) is 0 Å². The van der Waals surface area contributed by atoms with Crippen LogP contribution in [0.5, 0.6) is 11.5 Å². The van der Waals surface area contributed by atoms with Crippen LogP contribution < -0.4 is 9.47 Å². The number of carbonyl (C=O) groups is 1. The standard InChI is InChI=1S/C24H26N2O3S/c1-16(2)29-20-12-8-17(9-13-20)23-25-21(15-30-23)24(27)26(19-10-11-19)14-18-6-4-5-7-22(18)28-3/h4-9,12-13,15-16,19H,10-11,14H2,1-3H3. The van der Waals surface area contributed by atoms with Crippen LogP contribution in [0.1, 0.15) is 42.7 Å². The van der Waals surface area contributed by atoms with Gasteiger partial charge >= 0.3 is 0 Å². The minimum Gasteiger partial charge on any atom is -0.496 e. The second-order valence-corrected chi connectivity index (χ2v) is 8.56. The van der Waals surface area contributed by atoms with Gasteiger partial charge in [-0.15, -0.1) is 11.3 Å². The van der Waals surface area contributed by atoms with E-state index >= 15 is 0 Å². The fourth-order valence-electron chi connectivity index (χ4n) is 3.37. The van der Waals surface area contributed by atoms with Gasteiger partial charge in [-0.05, 0) is 57.0 Å². The Balaban J connectivity index is 1.52. The lowest BCUT2D eigenvalue weighted by molar-refractivity contribution is 0.0723. The Labute approximate surface area is 181 Å². The molecular weight excluding hydrogens is 396 g/mol. The van der Waals surface area contributed by atoms with Gasteiger partial charge in [-0.3, -0.25) is 4.79 Å². The number of rotatable bonds is 8. The number of hydrogen-bond donors (Lipinski definition) is 0. The fraction of sp³-hybridized carbons (Fsp3) is 0.333. The monoisotopic (exact) mass is 422 g/mol. The van der Waals surface area contributed by atoms with E-state index in [1.54, 1.807) is 7.11 Å². The lowest BCUT2D eigenvalue weighted by Gasteiger charge is -2.22. The van der Waals surface area contributed by atoms with E-state index in [1.807, 2.05) is 72.7 Å². The summed E-state index contributed by atoms with van der Waals surface area (Å²) in [5, 5.41) is 2.69. The molecule has 1 heterocycles. The molecule has 1 saturated carbocycles. The van der Waals surface area contributed by atoms with E-state index < -0.39 is 0 Å². The third kappa shape index (κ3) is 4.65. The van der Waals surface area contributed by atoms with Crippen LogP contribution >= 0.6 is 11.3 Å². The van der Waals surface area contributed by atoms with Crippen LogP contribution in [-0.4, -0.2) is 35.0 Å². The van der Waals surface area contributed by atoms with E-state index in [9.17, 15) is 4.79 Å². The Morgan fingerprint density at radius 3 is 2.57 bits per heavy atom. The first-order valence-corrected chi connectivity index (χ1v) is 11.1. The van der Waals surface area contributed by atoms with Gasteiger partial charge in [0, 0.05) is 29.1 Å². The molecule has 6 heteroatoms. The van der Waals surface area contributed by atoms with E-state index in [-0.39, 0.29) is 18.1 Å². The fourth-order valence-corrected chi connectivity index (χ4v) is 4.17. The molecule has 0 spiro atoms. The minimum absolute atomic E-state index is 0.0225. The van der Waals surface area contributed by atoms with Gasteiger partial charge in [0.25, 0.3) is 5.91 Å². The SMILES string of the molecule is COc1ccccc1CN(C(=O)c1csc(-c2ccc(OC(C)C)cc2)n1)C1CC1. The molecule has 30 heavy (non-hydrogen) atoms. The van der Waals surface area contributed by atoms with Crippen molar-refractivity contribution in [3.8, 4) is 22.1 Å². The van der Waals surface area contributed by atoms with E-state index in [0.717, 1.165) is 40.5 Å². The first-order chi connectivity index (χ1) is 14.5. The number of carbonyl (C=O) groups excluding carboxylic acids is 1. The van der Waals surface area contributed by atoms with Crippen molar-refractivity contribution in [1.29, 1.82) is 0 Å². The van der Waals surface area contributed by atoms with Crippen molar-refractivity contribution in [2.75, 3.05) is 7.11 Å². The average molecular weight is 423 g/mol. The summed E-state index contributed by atoms with van der Waals surface area (Å²) in [6, 6.07) is 16.0. The van der Waals surface area contributed by atoms with Crippen molar-refractivity contribution in [3.05, 3.63) is 65.2 Å². The van der Waals surface area contributed by atoms with E-state index in [2.05, 4.69) is 4.98 Å². The largest absolute Gasteiger partial charge is 0.496 e. The number of amides is 1. The van der Waals surface area contributed by atoms with Crippen molar-refractivity contribution >= 4 is 17.2 Å². The van der Waals surface area contributed by atoms with Gasteiger partial charge in [-0.25, -0.2) is 4.98 Å². The van der Waals surface area contributed by atoms with Gasteiger partial charge < -0.3 is 14.4 Å². The van der Waals surface area contributed by atoms with Crippen LogP contribution in [0.2, 0.25) is 0 Å². The third-order valence-electron chi connectivity index (χ3n) is 4.98. The molecule has 1 amide bonds. The van der Waals surface area contributed by atoms with E-state index in [4.69, 9.17) is 9.47 Å². The molecule has 0 atom stereocenters. The highest BCUT2D eigenvalue weighted by Gasteiger charge is 2.34. The second-order valence-electron chi connectivity index (χ2n) is 7.70. The number of nitrogens with zero attached hydrogens (tertiary/aromatic N) is 2. The summed E-state index contributed by atoms with van der Waals surface area (Å²) in [4.78, 5) is 19.8. The van der Waals surface area contributed by atoms with Gasteiger partial charge in [-0.2, -0.15) is 0 Å². The molecule has 1 fully saturated rings. The molecule has 0 N–H and O–H groups in total. The molecule has 3 aromatic rings. The van der Waals surface area contributed by atoms with Gasteiger partial charge in [0.05, 0.1) is 13.2 Å². The Morgan fingerprint density at radius 2 is 1.90 bits per heavy atom. The zero-order valence-electron chi connectivity index (χ0n) is 17.5. The topological polar surface area (TPSA) is 51.7 Å². The highest BCUT2D eigenvalue weighted by molar-refractivity contribution is 7.13. The summed E-state index contributed by atoms with van der Waals surface area (Å²) in [6.07, 6.45) is 2.21. The quantitative estimate of drug-likeness (QED) is 0.487. The normalized spacial score (nSPS) is 13.3. The molecule has 1 aliphatic rings. The molecule has 0 saturated heterocycles. The molecule has 156 valence electrons. The molecule has 2 aromatic carbocycles. The molecule has 0 bridgehead atoms. The molecular formula is C24H26N2O3S. The molecule has 5 nitrogen and oxygen atoms in total. The van der Waals surface area contributed by atoms with Crippen LogP contribution in [0.3, 0.4) is 0 Å². The number of hydrogen-bond acceptors (Lipinski definition) is 5. The minimum atomic E-state index is -0.0225. The molecule has 1 aromatic heterocycles. The smallest absolute Gasteiger partial charge is 0.273 e. The Morgan fingerprint density at radius 1 is 1.17 bits per heavy atom. The Bertz CT molecular complexity index is 1010. The Hall–Kier alpha value is -2.86. The second kappa shape index (κ2) is 8.88. The Kier molecular flexibility index (Phi) is 6.04. The number of methoxy groups -OCH3 is 1. The van der Waals surface area contributed by atoms with Crippen LogP contribution in [-0.2, 0) is 6.54 Å². The highest BCUT2D eigenvalue weighted by atomic mass is 32.1. The molecule has 1 aliphatic carbocycles. The number of para-hydroxylation sites is 1. The van der Waals surface area contributed by atoms with Gasteiger partial charge in [-0.1, -0.05) is 18.2 Å². The lowest BCUT2D eigenvalue weighted by Crippen LogP contribution is -2.33. The van der Waals surface area contributed by atoms with E-state index in [0.29, 0.717) is 12.2 Å². The summed E-state index contributed by atoms with van der Waals surface area (Å²) >= 11 is 1.49. The average Bonchev–Trinajstić information content (AvgIpc) is 3.47. The van der Waals surface area contributed by atoms with Crippen molar-refractivity contribution in [2.45, 2.75) is 45.4 Å². The van der Waals surface area contributed by atoms with Crippen LogP contribution in [0.25, 0.3) is 10.6 Å². The summed E-state index contributed by atoms with van der Waals surface area (Å²) in [5.41, 5.74) is 2.49. The van der Waals surface area contributed by atoms with Crippen molar-refractivity contribution < 1.29 is 14.3 Å². The third-order valence-corrected chi connectivity index (χ3v) is 5.87. The zero-order chi connectivity index (χ0) is 21.1. The first kappa shape index (κ1) is 20.4. The molecule has 0 radical (unpaired) electrons. The first-order valence-electron chi connectivity index (χ1n) is 10.2.